The molecule has 0 amide bonds. The quantitative estimate of drug-likeness (QED) is 0.846. The third kappa shape index (κ3) is 3.78. The van der Waals surface area contributed by atoms with Crippen molar-refractivity contribution in [3.63, 3.8) is 0 Å². The molecule has 2 N–H and O–H groups in total. The van der Waals surface area contributed by atoms with Gasteiger partial charge in [0.05, 0.1) is 5.02 Å². The summed E-state index contributed by atoms with van der Waals surface area (Å²) in [6, 6.07) is 11.9. The molecule has 112 valence electrons. The fraction of sp³-hybridized carbons (Fsp3) is 0.333. The molecule has 0 aliphatic rings. The Balaban J connectivity index is 2.41. The van der Waals surface area contributed by atoms with Crippen LogP contribution in [-0.4, -0.2) is 0 Å². The van der Waals surface area contributed by atoms with Gasteiger partial charge in [-0.15, -0.1) is 0 Å². The lowest BCUT2D eigenvalue weighted by Gasteiger charge is -2.23. The monoisotopic (exact) mass is 303 g/mol. The average Bonchev–Trinajstić information content (AvgIpc) is 2.39. The van der Waals surface area contributed by atoms with Gasteiger partial charge in [0.2, 0.25) is 0 Å². The van der Waals surface area contributed by atoms with Crippen LogP contribution in [0.3, 0.4) is 0 Å². The van der Waals surface area contributed by atoms with Crippen LogP contribution in [-0.2, 0) is 12.0 Å². The minimum atomic E-state index is 0.00666. The van der Waals surface area contributed by atoms with E-state index in [0.717, 1.165) is 22.4 Å². The van der Waals surface area contributed by atoms with Gasteiger partial charge < -0.3 is 10.5 Å². The molecule has 0 radical (unpaired) electrons. The molecular formula is C18H22ClNO. The number of nitrogens with two attached hydrogens (primary N) is 1. The number of halogens is 1. The summed E-state index contributed by atoms with van der Waals surface area (Å²) in [4.78, 5) is 0. The Hall–Kier alpha value is -1.51. The molecule has 0 aliphatic carbocycles. The zero-order chi connectivity index (χ0) is 15.6. The smallest absolute Gasteiger partial charge is 0.146 e. The van der Waals surface area contributed by atoms with Gasteiger partial charge in [0.15, 0.2) is 0 Å². The van der Waals surface area contributed by atoms with Gasteiger partial charge >= 0.3 is 0 Å². The Morgan fingerprint density at radius 1 is 1.05 bits per heavy atom. The summed E-state index contributed by atoms with van der Waals surface area (Å²) < 4.78 is 6.07. The van der Waals surface area contributed by atoms with E-state index in [0.29, 0.717) is 17.3 Å². The molecular weight excluding hydrogens is 282 g/mol. The van der Waals surface area contributed by atoms with Crippen LogP contribution in [0.1, 0.15) is 37.5 Å². The number of rotatable bonds is 3. The summed E-state index contributed by atoms with van der Waals surface area (Å²) in [5.41, 5.74) is 8.94. The van der Waals surface area contributed by atoms with E-state index in [9.17, 15) is 0 Å². The van der Waals surface area contributed by atoms with Crippen molar-refractivity contribution in [2.75, 3.05) is 0 Å². The number of aryl methyl sites for hydroxylation is 1. The topological polar surface area (TPSA) is 35.2 Å². The van der Waals surface area contributed by atoms with Crippen molar-refractivity contribution < 1.29 is 4.74 Å². The minimum Gasteiger partial charge on any atom is -0.455 e. The first-order chi connectivity index (χ1) is 9.81. The summed E-state index contributed by atoms with van der Waals surface area (Å²) in [5.74, 6) is 1.51. The molecule has 0 aromatic heterocycles. The zero-order valence-electron chi connectivity index (χ0n) is 13.0. The first-order valence-electron chi connectivity index (χ1n) is 7.09. The van der Waals surface area contributed by atoms with E-state index in [4.69, 9.17) is 22.1 Å². The molecule has 0 saturated carbocycles. The zero-order valence-corrected chi connectivity index (χ0v) is 13.8. The Morgan fingerprint density at radius 3 is 2.33 bits per heavy atom. The molecule has 2 rings (SSSR count). The minimum absolute atomic E-state index is 0.00666. The Kier molecular flexibility index (Phi) is 4.60. The number of hydrogen-bond acceptors (Lipinski definition) is 2. The van der Waals surface area contributed by atoms with Gasteiger partial charge in [-0.3, -0.25) is 0 Å². The highest BCUT2D eigenvalue weighted by Crippen LogP contribution is 2.37. The maximum absolute atomic E-state index is 6.28. The molecule has 0 fully saturated rings. The lowest BCUT2D eigenvalue weighted by atomic mass is 9.86. The van der Waals surface area contributed by atoms with E-state index in [1.807, 2.05) is 24.3 Å². The van der Waals surface area contributed by atoms with Gasteiger partial charge in [-0.1, -0.05) is 50.6 Å². The lowest BCUT2D eigenvalue weighted by Crippen LogP contribution is -2.12. The maximum atomic E-state index is 6.28. The first kappa shape index (κ1) is 15.9. The number of hydrogen-bond donors (Lipinski definition) is 1. The second kappa shape index (κ2) is 6.08. The van der Waals surface area contributed by atoms with Gasteiger partial charge in [0.1, 0.15) is 11.5 Å². The van der Waals surface area contributed by atoms with Gasteiger partial charge in [0, 0.05) is 12.1 Å². The first-order valence-corrected chi connectivity index (χ1v) is 7.46. The molecule has 3 heteroatoms. The van der Waals surface area contributed by atoms with Crippen molar-refractivity contribution >= 4 is 11.6 Å². The van der Waals surface area contributed by atoms with Crippen molar-refractivity contribution in [1.29, 1.82) is 0 Å². The van der Waals surface area contributed by atoms with Crippen LogP contribution >= 0.6 is 11.6 Å². The average molecular weight is 304 g/mol. The van der Waals surface area contributed by atoms with Crippen LogP contribution in [0.15, 0.2) is 36.4 Å². The largest absolute Gasteiger partial charge is 0.455 e. The fourth-order valence-electron chi connectivity index (χ4n) is 2.21. The van der Waals surface area contributed by atoms with Crippen molar-refractivity contribution in [2.24, 2.45) is 5.73 Å². The summed E-state index contributed by atoms with van der Waals surface area (Å²) in [6.07, 6.45) is 0. The van der Waals surface area contributed by atoms with Gasteiger partial charge in [-0.05, 0) is 41.7 Å². The van der Waals surface area contributed by atoms with E-state index in [1.54, 1.807) is 0 Å². The van der Waals surface area contributed by atoms with Gasteiger partial charge in [-0.2, -0.15) is 0 Å². The van der Waals surface area contributed by atoms with Gasteiger partial charge in [0.25, 0.3) is 0 Å². The molecule has 0 unspecified atom stereocenters. The molecule has 0 spiro atoms. The van der Waals surface area contributed by atoms with Crippen molar-refractivity contribution in [1.82, 2.24) is 0 Å². The van der Waals surface area contributed by atoms with Crippen LogP contribution in [0.4, 0.5) is 0 Å². The summed E-state index contributed by atoms with van der Waals surface area (Å²) in [5, 5.41) is 0.583. The Labute approximate surface area is 131 Å². The molecule has 0 bridgehead atoms. The molecule has 0 heterocycles. The Morgan fingerprint density at radius 2 is 1.76 bits per heavy atom. The molecule has 0 atom stereocenters. The highest BCUT2D eigenvalue weighted by molar-refractivity contribution is 6.32. The predicted octanol–water partition coefficient (Wildman–Crippen LogP) is 5.20. The highest BCUT2D eigenvalue weighted by atomic mass is 35.5. The predicted molar refractivity (Wildman–Crippen MR) is 89.3 cm³/mol. The van der Waals surface area contributed by atoms with Crippen LogP contribution in [0, 0.1) is 6.92 Å². The van der Waals surface area contributed by atoms with Crippen LogP contribution in [0.5, 0.6) is 11.5 Å². The van der Waals surface area contributed by atoms with Crippen LogP contribution < -0.4 is 10.5 Å². The molecule has 2 aromatic carbocycles. The summed E-state index contributed by atoms with van der Waals surface area (Å²) in [7, 11) is 0. The van der Waals surface area contributed by atoms with E-state index < -0.39 is 0 Å². The third-order valence-electron chi connectivity index (χ3n) is 3.40. The summed E-state index contributed by atoms with van der Waals surface area (Å²) >= 11 is 6.28. The molecule has 0 saturated heterocycles. The highest BCUT2D eigenvalue weighted by Gasteiger charge is 2.20. The normalized spacial score (nSPS) is 11.5. The van der Waals surface area contributed by atoms with E-state index in [2.05, 4.69) is 39.8 Å². The molecule has 2 aromatic rings. The molecule has 0 aliphatic heterocycles. The standard InChI is InChI=1S/C18H22ClNO/c1-12-5-7-14(18(2,3)4)17(9-12)21-16-8-6-13(11-20)10-15(16)19/h5-10H,11,20H2,1-4H3. The second-order valence-corrected chi connectivity index (χ2v) is 6.73. The number of ether oxygens (including phenoxy) is 1. The lowest BCUT2D eigenvalue weighted by molar-refractivity contribution is 0.455. The third-order valence-corrected chi connectivity index (χ3v) is 3.69. The fourth-order valence-corrected chi connectivity index (χ4v) is 2.45. The number of benzene rings is 2. The van der Waals surface area contributed by atoms with Crippen LogP contribution in [0.25, 0.3) is 0 Å². The van der Waals surface area contributed by atoms with Crippen LogP contribution in [0.2, 0.25) is 5.02 Å². The van der Waals surface area contributed by atoms with Crippen molar-refractivity contribution in [3.05, 3.63) is 58.1 Å². The Bertz CT molecular complexity index is 644. The summed E-state index contributed by atoms with van der Waals surface area (Å²) in [6.45, 7) is 9.03. The van der Waals surface area contributed by atoms with E-state index in [-0.39, 0.29) is 5.41 Å². The van der Waals surface area contributed by atoms with E-state index >= 15 is 0 Å². The van der Waals surface area contributed by atoms with Crippen molar-refractivity contribution in [2.45, 2.75) is 39.7 Å². The van der Waals surface area contributed by atoms with Gasteiger partial charge in [-0.25, -0.2) is 0 Å². The molecule has 21 heavy (non-hydrogen) atoms. The SMILES string of the molecule is Cc1ccc(C(C)(C)C)c(Oc2ccc(CN)cc2Cl)c1. The maximum Gasteiger partial charge on any atom is 0.146 e. The second-order valence-electron chi connectivity index (χ2n) is 6.32. The van der Waals surface area contributed by atoms with E-state index in [1.165, 1.54) is 0 Å². The molecule has 2 nitrogen and oxygen atoms in total. The van der Waals surface area contributed by atoms with Crippen molar-refractivity contribution in [3.8, 4) is 11.5 Å².